The molecule has 2 N–H and O–H groups in total. The molecule has 1 aromatic carbocycles. The van der Waals surface area contributed by atoms with E-state index in [1.54, 1.807) is 31.2 Å². The molecule has 0 fully saturated rings. The lowest BCUT2D eigenvalue weighted by Gasteiger charge is -2.10. The van der Waals surface area contributed by atoms with E-state index in [0.717, 1.165) is 16.2 Å². The number of aromatic carboxylic acids is 1. The Kier molecular flexibility index (Phi) is 3.99. The molecule has 0 saturated heterocycles. The van der Waals surface area contributed by atoms with Crippen LogP contribution < -0.4 is 5.32 Å². The van der Waals surface area contributed by atoms with Crippen molar-refractivity contribution in [2.24, 2.45) is 0 Å². The molecule has 1 heterocycles. The van der Waals surface area contributed by atoms with Gasteiger partial charge < -0.3 is 10.4 Å². The molecule has 0 amide bonds. The van der Waals surface area contributed by atoms with E-state index in [2.05, 4.69) is 5.32 Å². The fourth-order valence-corrected chi connectivity index (χ4v) is 2.56. The smallest absolute Gasteiger partial charge is 0.336 e. The molecular weight excluding hydrogens is 280 g/mol. The number of benzene rings is 1. The minimum absolute atomic E-state index is 0.0952. The van der Waals surface area contributed by atoms with Crippen LogP contribution in [0.1, 0.15) is 20.8 Å². The maximum atomic E-state index is 11.0. The van der Waals surface area contributed by atoms with Crippen LogP contribution in [0.5, 0.6) is 0 Å². The van der Waals surface area contributed by atoms with Crippen molar-refractivity contribution >= 4 is 28.0 Å². The molecule has 104 valence electrons. The minimum atomic E-state index is -0.974. The Morgan fingerprint density at radius 3 is 2.75 bits per heavy atom. The second-order valence-electron chi connectivity index (χ2n) is 4.13. The number of hydrogen-bond donors (Lipinski definition) is 2. The predicted molar refractivity (Wildman–Crippen MR) is 76.4 cm³/mol. The van der Waals surface area contributed by atoms with E-state index in [1.165, 1.54) is 6.07 Å². The molecule has 0 aliphatic carbocycles. The number of nitrogens with one attached hydrogen (secondary N) is 1. The van der Waals surface area contributed by atoms with Crippen LogP contribution in [0.2, 0.25) is 0 Å². The van der Waals surface area contributed by atoms with E-state index in [9.17, 15) is 14.9 Å². The Morgan fingerprint density at radius 2 is 2.15 bits per heavy atom. The van der Waals surface area contributed by atoms with Crippen molar-refractivity contribution in [2.45, 2.75) is 13.5 Å². The van der Waals surface area contributed by atoms with Crippen LogP contribution in [-0.4, -0.2) is 16.0 Å². The summed E-state index contributed by atoms with van der Waals surface area (Å²) in [5, 5.41) is 22.8. The van der Waals surface area contributed by atoms with E-state index in [0.29, 0.717) is 17.8 Å². The first-order valence-electron chi connectivity index (χ1n) is 5.79. The Bertz CT molecular complexity index is 666. The molecule has 2 aromatic rings. The van der Waals surface area contributed by atoms with Gasteiger partial charge in [-0.2, -0.15) is 0 Å². The molecule has 2 rings (SSSR count). The van der Waals surface area contributed by atoms with Crippen molar-refractivity contribution < 1.29 is 14.8 Å². The lowest BCUT2D eigenvalue weighted by molar-refractivity contribution is -0.380. The van der Waals surface area contributed by atoms with Crippen molar-refractivity contribution in [3.05, 3.63) is 56.5 Å². The molecular formula is C13H12N2O4S. The van der Waals surface area contributed by atoms with Crippen molar-refractivity contribution in [3.63, 3.8) is 0 Å². The Morgan fingerprint density at radius 1 is 1.40 bits per heavy atom. The lowest BCUT2D eigenvalue weighted by Crippen LogP contribution is -2.05. The van der Waals surface area contributed by atoms with Gasteiger partial charge in [0.15, 0.2) is 0 Å². The average Bonchev–Trinajstić information content (AvgIpc) is 2.86. The summed E-state index contributed by atoms with van der Waals surface area (Å²) < 4.78 is 0. The molecule has 0 aliphatic heterocycles. The second kappa shape index (κ2) is 5.70. The van der Waals surface area contributed by atoms with Gasteiger partial charge >= 0.3 is 11.0 Å². The van der Waals surface area contributed by atoms with Crippen molar-refractivity contribution in [1.29, 1.82) is 0 Å². The van der Waals surface area contributed by atoms with Crippen molar-refractivity contribution in [2.75, 3.05) is 5.32 Å². The molecule has 0 aliphatic rings. The van der Waals surface area contributed by atoms with E-state index in [-0.39, 0.29) is 10.6 Å². The largest absolute Gasteiger partial charge is 0.478 e. The molecule has 20 heavy (non-hydrogen) atoms. The number of rotatable bonds is 5. The third-order valence-corrected chi connectivity index (χ3v) is 3.88. The zero-order valence-electron chi connectivity index (χ0n) is 10.6. The molecule has 1 aromatic heterocycles. The van der Waals surface area contributed by atoms with Crippen LogP contribution in [0.4, 0.5) is 10.7 Å². The summed E-state index contributed by atoms with van der Waals surface area (Å²) in [6.07, 6.45) is 0. The topological polar surface area (TPSA) is 92.5 Å². The summed E-state index contributed by atoms with van der Waals surface area (Å²) in [6.45, 7) is 2.14. The summed E-state index contributed by atoms with van der Waals surface area (Å²) in [5.41, 5.74) is 1.60. The Balaban J connectivity index is 2.12. The summed E-state index contributed by atoms with van der Waals surface area (Å²) in [7, 11) is 0. The van der Waals surface area contributed by atoms with Gasteiger partial charge in [0.2, 0.25) is 0 Å². The predicted octanol–water partition coefficient (Wildman–Crippen LogP) is 3.28. The molecule has 0 radical (unpaired) electrons. The van der Waals surface area contributed by atoms with Gasteiger partial charge in [-0.05, 0) is 30.7 Å². The van der Waals surface area contributed by atoms with Crippen LogP contribution in [0, 0.1) is 17.0 Å². The Labute approximate surface area is 118 Å². The van der Waals surface area contributed by atoms with Gasteiger partial charge in [0.05, 0.1) is 10.5 Å². The van der Waals surface area contributed by atoms with Gasteiger partial charge in [0.25, 0.3) is 0 Å². The van der Waals surface area contributed by atoms with Crippen LogP contribution in [0.15, 0.2) is 30.3 Å². The normalized spacial score (nSPS) is 10.2. The zero-order chi connectivity index (χ0) is 14.7. The highest BCUT2D eigenvalue weighted by Crippen LogP contribution is 2.25. The number of carboxylic acid groups (broad SMARTS) is 1. The summed E-state index contributed by atoms with van der Waals surface area (Å²) in [6, 6.07) is 8.13. The number of hydrogen-bond acceptors (Lipinski definition) is 5. The molecule has 0 bridgehead atoms. The van der Waals surface area contributed by atoms with Crippen LogP contribution >= 0.6 is 11.3 Å². The maximum absolute atomic E-state index is 11.0. The SMILES string of the molecule is Cc1c(NCc2ccc([N+](=O)[O-])s2)cccc1C(=O)O. The molecule has 0 saturated carbocycles. The highest BCUT2D eigenvalue weighted by molar-refractivity contribution is 7.15. The van der Waals surface area contributed by atoms with Gasteiger partial charge in [0.1, 0.15) is 0 Å². The first-order chi connectivity index (χ1) is 9.49. The monoisotopic (exact) mass is 292 g/mol. The van der Waals surface area contributed by atoms with Crippen LogP contribution in [0.25, 0.3) is 0 Å². The first kappa shape index (κ1) is 14.0. The van der Waals surface area contributed by atoms with E-state index in [4.69, 9.17) is 5.11 Å². The summed E-state index contributed by atoms with van der Waals surface area (Å²) in [5.74, 6) is -0.974. The van der Waals surface area contributed by atoms with E-state index >= 15 is 0 Å². The number of carbonyl (C=O) groups is 1. The summed E-state index contributed by atoms with van der Waals surface area (Å²) >= 11 is 1.10. The second-order valence-corrected chi connectivity index (χ2v) is 5.28. The number of anilines is 1. The fourth-order valence-electron chi connectivity index (χ4n) is 1.80. The molecule has 0 atom stereocenters. The average molecular weight is 292 g/mol. The van der Waals surface area contributed by atoms with Crippen molar-refractivity contribution in [3.8, 4) is 0 Å². The van der Waals surface area contributed by atoms with E-state index in [1.807, 2.05) is 0 Å². The third kappa shape index (κ3) is 2.94. The maximum Gasteiger partial charge on any atom is 0.336 e. The lowest BCUT2D eigenvalue weighted by atomic mass is 10.1. The van der Waals surface area contributed by atoms with Gasteiger partial charge in [-0.3, -0.25) is 10.1 Å². The first-order valence-corrected chi connectivity index (χ1v) is 6.60. The third-order valence-electron chi connectivity index (χ3n) is 2.84. The number of nitro groups is 1. The standard InChI is InChI=1S/C13H12N2O4S/c1-8-10(13(16)17)3-2-4-11(8)14-7-9-5-6-12(20-9)15(18)19/h2-6,14H,7H2,1H3,(H,16,17). The molecule has 0 unspecified atom stereocenters. The molecule has 0 spiro atoms. The minimum Gasteiger partial charge on any atom is -0.478 e. The van der Waals surface area contributed by atoms with Gasteiger partial charge in [-0.15, -0.1) is 0 Å². The number of nitrogens with zero attached hydrogens (tertiary/aromatic N) is 1. The van der Waals surface area contributed by atoms with E-state index < -0.39 is 10.9 Å². The quantitative estimate of drug-likeness (QED) is 0.651. The van der Waals surface area contributed by atoms with Crippen LogP contribution in [0.3, 0.4) is 0 Å². The summed E-state index contributed by atoms with van der Waals surface area (Å²) in [4.78, 5) is 22.0. The fraction of sp³-hybridized carbons (Fsp3) is 0.154. The zero-order valence-corrected chi connectivity index (χ0v) is 11.4. The number of thiophene rings is 1. The highest BCUT2D eigenvalue weighted by atomic mass is 32.1. The highest BCUT2D eigenvalue weighted by Gasteiger charge is 2.12. The van der Waals surface area contributed by atoms with Gasteiger partial charge in [-0.25, -0.2) is 4.79 Å². The van der Waals surface area contributed by atoms with Gasteiger partial charge in [-0.1, -0.05) is 17.4 Å². The van der Waals surface area contributed by atoms with Crippen molar-refractivity contribution in [1.82, 2.24) is 0 Å². The molecule has 7 heteroatoms. The van der Waals surface area contributed by atoms with Crippen LogP contribution in [-0.2, 0) is 6.54 Å². The van der Waals surface area contributed by atoms with Gasteiger partial charge in [0, 0.05) is 23.2 Å². The number of carboxylic acids is 1. The Hall–Kier alpha value is -2.41. The molecule has 6 nitrogen and oxygen atoms in total.